The van der Waals surface area contributed by atoms with Crippen molar-refractivity contribution in [1.82, 2.24) is 10.1 Å². The van der Waals surface area contributed by atoms with Gasteiger partial charge in [-0.1, -0.05) is 18.0 Å². The summed E-state index contributed by atoms with van der Waals surface area (Å²) in [4.78, 5) is 2.09. The van der Waals surface area contributed by atoms with Gasteiger partial charge in [-0.2, -0.15) is 0 Å². The SMILES string of the molecule is CN(Cc1cc(-c2ccco2)on1)CC1(O)CCCC1. The van der Waals surface area contributed by atoms with Gasteiger partial charge in [0.25, 0.3) is 0 Å². The Morgan fingerprint density at radius 2 is 2.15 bits per heavy atom. The van der Waals surface area contributed by atoms with Gasteiger partial charge in [0.1, 0.15) is 0 Å². The van der Waals surface area contributed by atoms with Crippen LogP contribution in [0.1, 0.15) is 31.4 Å². The average Bonchev–Trinajstić information content (AvgIpc) is 3.08. The Morgan fingerprint density at radius 3 is 2.85 bits per heavy atom. The Balaban J connectivity index is 1.60. The van der Waals surface area contributed by atoms with Crippen molar-refractivity contribution < 1.29 is 14.0 Å². The monoisotopic (exact) mass is 276 g/mol. The molecule has 3 rings (SSSR count). The summed E-state index contributed by atoms with van der Waals surface area (Å²) in [5.41, 5.74) is 0.322. The number of likely N-dealkylation sites (N-methyl/N-ethyl adjacent to an activating group) is 1. The fraction of sp³-hybridized carbons (Fsp3) is 0.533. The van der Waals surface area contributed by atoms with Crippen LogP contribution < -0.4 is 0 Å². The van der Waals surface area contributed by atoms with Gasteiger partial charge in [-0.05, 0) is 32.0 Å². The molecule has 0 unspecified atom stereocenters. The highest BCUT2D eigenvalue weighted by Crippen LogP contribution is 2.30. The lowest BCUT2D eigenvalue weighted by atomic mass is 10.0. The van der Waals surface area contributed by atoms with Crippen molar-refractivity contribution in [3.63, 3.8) is 0 Å². The minimum absolute atomic E-state index is 0.525. The molecule has 0 saturated heterocycles. The second kappa shape index (κ2) is 5.42. The van der Waals surface area contributed by atoms with Crippen LogP contribution in [0.2, 0.25) is 0 Å². The van der Waals surface area contributed by atoms with Crippen LogP contribution in [0.4, 0.5) is 0 Å². The van der Waals surface area contributed by atoms with Crippen molar-refractivity contribution in [2.45, 2.75) is 37.8 Å². The first-order valence-corrected chi connectivity index (χ1v) is 7.05. The van der Waals surface area contributed by atoms with Crippen molar-refractivity contribution in [1.29, 1.82) is 0 Å². The molecule has 0 atom stereocenters. The fourth-order valence-corrected chi connectivity index (χ4v) is 2.95. The molecule has 0 radical (unpaired) electrons. The highest BCUT2D eigenvalue weighted by atomic mass is 16.5. The van der Waals surface area contributed by atoms with Crippen LogP contribution in [0, 0.1) is 0 Å². The molecule has 2 aromatic rings. The lowest BCUT2D eigenvalue weighted by Crippen LogP contribution is -2.38. The number of hydrogen-bond acceptors (Lipinski definition) is 5. The van der Waals surface area contributed by atoms with Crippen LogP contribution in [-0.4, -0.2) is 34.4 Å². The molecule has 1 fully saturated rings. The highest BCUT2D eigenvalue weighted by Gasteiger charge is 2.32. The molecule has 1 aliphatic rings. The molecule has 0 aliphatic heterocycles. The summed E-state index contributed by atoms with van der Waals surface area (Å²) in [7, 11) is 2.00. The Kier molecular flexibility index (Phi) is 3.63. The summed E-state index contributed by atoms with van der Waals surface area (Å²) in [5.74, 6) is 1.32. The largest absolute Gasteiger partial charge is 0.461 e. The summed E-state index contributed by atoms with van der Waals surface area (Å²) in [6, 6.07) is 5.54. The molecule has 2 aromatic heterocycles. The van der Waals surface area contributed by atoms with Crippen LogP contribution in [0.15, 0.2) is 33.4 Å². The second-order valence-corrected chi connectivity index (χ2v) is 5.76. The molecule has 0 spiro atoms. The van der Waals surface area contributed by atoms with Gasteiger partial charge in [0, 0.05) is 19.2 Å². The summed E-state index contributed by atoms with van der Waals surface area (Å²) in [6.07, 6.45) is 5.65. The minimum Gasteiger partial charge on any atom is -0.461 e. The fourth-order valence-electron chi connectivity index (χ4n) is 2.95. The first-order chi connectivity index (χ1) is 9.65. The molecule has 1 saturated carbocycles. The van der Waals surface area contributed by atoms with Crippen LogP contribution in [0.3, 0.4) is 0 Å². The molecule has 0 bridgehead atoms. The molecular formula is C15H20N2O3. The molecular weight excluding hydrogens is 256 g/mol. The number of rotatable bonds is 5. The number of hydrogen-bond donors (Lipinski definition) is 1. The summed E-state index contributed by atoms with van der Waals surface area (Å²) in [6.45, 7) is 1.34. The molecule has 1 aliphatic carbocycles. The highest BCUT2D eigenvalue weighted by molar-refractivity contribution is 5.49. The quantitative estimate of drug-likeness (QED) is 0.909. The third-order valence-electron chi connectivity index (χ3n) is 3.85. The maximum Gasteiger partial charge on any atom is 0.202 e. The van der Waals surface area contributed by atoms with E-state index < -0.39 is 5.60 Å². The van der Waals surface area contributed by atoms with Gasteiger partial charge in [-0.25, -0.2) is 0 Å². The lowest BCUT2D eigenvalue weighted by molar-refractivity contribution is 0.0141. The Labute approximate surface area is 118 Å². The Hall–Kier alpha value is -1.59. The molecule has 0 aromatic carbocycles. The van der Waals surface area contributed by atoms with Gasteiger partial charge in [0.2, 0.25) is 5.76 Å². The molecule has 5 nitrogen and oxygen atoms in total. The van der Waals surface area contributed by atoms with E-state index in [-0.39, 0.29) is 0 Å². The van der Waals surface area contributed by atoms with Crippen molar-refractivity contribution in [2.24, 2.45) is 0 Å². The topological polar surface area (TPSA) is 62.6 Å². The van der Waals surface area contributed by atoms with Crippen molar-refractivity contribution in [2.75, 3.05) is 13.6 Å². The zero-order valence-electron chi connectivity index (χ0n) is 11.7. The lowest BCUT2D eigenvalue weighted by Gasteiger charge is -2.27. The maximum atomic E-state index is 10.4. The van der Waals surface area contributed by atoms with E-state index >= 15 is 0 Å². The van der Waals surface area contributed by atoms with Crippen LogP contribution in [0.5, 0.6) is 0 Å². The zero-order chi connectivity index (χ0) is 14.0. The van der Waals surface area contributed by atoms with Crippen molar-refractivity contribution >= 4 is 0 Å². The predicted octanol–water partition coefficient (Wildman–Crippen LogP) is 2.67. The van der Waals surface area contributed by atoms with Gasteiger partial charge < -0.3 is 14.0 Å². The van der Waals surface area contributed by atoms with Crippen LogP contribution in [0.25, 0.3) is 11.5 Å². The van der Waals surface area contributed by atoms with Gasteiger partial charge in [-0.15, -0.1) is 0 Å². The molecule has 108 valence electrons. The summed E-state index contributed by atoms with van der Waals surface area (Å²) >= 11 is 0. The van der Waals surface area contributed by atoms with Crippen molar-refractivity contribution in [3.05, 3.63) is 30.2 Å². The van der Waals surface area contributed by atoms with Gasteiger partial charge in [0.15, 0.2) is 5.76 Å². The number of furan rings is 1. The van der Waals surface area contributed by atoms with Crippen molar-refractivity contribution in [3.8, 4) is 11.5 Å². The van der Waals surface area contributed by atoms with Crippen LogP contribution in [-0.2, 0) is 6.54 Å². The first kappa shape index (κ1) is 13.4. The van der Waals surface area contributed by atoms with Crippen LogP contribution >= 0.6 is 0 Å². The zero-order valence-corrected chi connectivity index (χ0v) is 11.7. The van der Waals surface area contributed by atoms with E-state index in [4.69, 9.17) is 8.94 Å². The Bertz CT molecular complexity index is 541. The molecule has 0 amide bonds. The molecule has 5 heteroatoms. The Morgan fingerprint density at radius 1 is 1.35 bits per heavy atom. The van der Waals surface area contributed by atoms with E-state index in [2.05, 4.69) is 10.1 Å². The van der Waals surface area contributed by atoms with E-state index in [0.717, 1.165) is 31.4 Å². The number of aromatic nitrogens is 1. The smallest absolute Gasteiger partial charge is 0.202 e. The molecule has 1 N–H and O–H groups in total. The van der Waals surface area contributed by atoms with E-state index in [1.165, 1.54) is 0 Å². The minimum atomic E-state index is -0.525. The van der Waals surface area contributed by atoms with E-state index in [0.29, 0.717) is 24.6 Å². The number of nitrogens with zero attached hydrogens (tertiary/aromatic N) is 2. The van der Waals surface area contributed by atoms with E-state index in [9.17, 15) is 5.11 Å². The molecule has 2 heterocycles. The summed E-state index contributed by atoms with van der Waals surface area (Å²) in [5, 5.41) is 14.4. The van der Waals surface area contributed by atoms with E-state index in [1.54, 1.807) is 6.26 Å². The van der Waals surface area contributed by atoms with Gasteiger partial charge in [-0.3, -0.25) is 4.90 Å². The third kappa shape index (κ3) is 2.94. The standard InChI is InChI=1S/C15H20N2O3/c1-17(11-15(18)6-2-3-7-15)10-12-9-14(20-16-12)13-5-4-8-19-13/h4-5,8-9,18H,2-3,6-7,10-11H2,1H3. The average molecular weight is 276 g/mol. The van der Waals surface area contributed by atoms with E-state index in [1.807, 2.05) is 25.2 Å². The molecule has 20 heavy (non-hydrogen) atoms. The summed E-state index contributed by atoms with van der Waals surface area (Å²) < 4.78 is 10.5. The van der Waals surface area contributed by atoms with Gasteiger partial charge >= 0.3 is 0 Å². The first-order valence-electron chi connectivity index (χ1n) is 7.05. The third-order valence-corrected chi connectivity index (χ3v) is 3.85. The second-order valence-electron chi connectivity index (χ2n) is 5.76. The number of aliphatic hydroxyl groups is 1. The maximum absolute atomic E-state index is 10.4. The normalized spacial score (nSPS) is 17.9. The van der Waals surface area contributed by atoms with Gasteiger partial charge in [0.05, 0.1) is 17.6 Å². The predicted molar refractivity (Wildman–Crippen MR) is 74.0 cm³/mol.